The van der Waals surface area contributed by atoms with Crippen molar-refractivity contribution in [3.8, 4) is 0 Å². The molecule has 2 N–H and O–H groups in total. The first-order valence-electron chi connectivity index (χ1n) is 6.85. The normalized spacial score (nSPS) is 22.6. The summed E-state index contributed by atoms with van der Waals surface area (Å²) in [6.07, 6.45) is 1.99. The Labute approximate surface area is 117 Å². The fourth-order valence-electron chi connectivity index (χ4n) is 2.30. The van der Waals surface area contributed by atoms with E-state index in [1.807, 2.05) is 6.92 Å². The minimum absolute atomic E-state index is 0.00324. The average molecular weight is 280 g/mol. The Bertz CT molecular complexity index is 458. The smallest absolute Gasteiger partial charge is 0.286 e. The quantitative estimate of drug-likeness (QED) is 0.847. The number of nitrogens with zero attached hydrogens (tertiary/aromatic N) is 1. The van der Waals surface area contributed by atoms with Crippen LogP contribution in [0.25, 0.3) is 0 Å². The van der Waals surface area contributed by atoms with E-state index in [2.05, 4.69) is 5.32 Å². The summed E-state index contributed by atoms with van der Waals surface area (Å²) < 4.78 is 4.96. The second kappa shape index (κ2) is 6.56. The molecule has 0 radical (unpaired) electrons. The second-order valence-corrected chi connectivity index (χ2v) is 5.16. The molecular formula is C14H20N2O4. The fourth-order valence-corrected chi connectivity index (χ4v) is 2.30. The Hall–Kier alpha value is -1.82. The van der Waals surface area contributed by atoms with Gasteiger partial charge in [0.05, 0.1) is 12.4 Å². The molecule has 0 bridgehead atoms. The molecule has 2 amide bonds. The van der Waals surface area contributed by atoms with Gasteiger partial charge in [-0.2, -0.15) is 0 Å². The van der Waals surface area contributed by atoms with E-state index >= 15 is 0 Å². The summed E-state index contributed by atoms with van der Waals surface area (Å²) in [5.74, 6) is 0.0336. The number of amides is 2. The zero-order chi connectivity index (χ0) is 14.5. The zero-order valence-corrected chi connectivity index (χ0v) is 11.5. The van der Waals surface area contributed by atoms with Crippen LogP contribution in [0.3, 0.4) is 0 Å². The van der Waals surface area contributed by atoms with Gasteiger partial charge in [0.25, 0.3) is 5.91 Å². The lowest BCUT2D eigenvalue weighted by Crippen LogP contribution is -2.45. The topological polar surface area (TPSA) is 82.8 Å². The van der Waals surface area contributed by atoms with Crippen molar-refractivity contribution < 1.29 is 19.1 Å². The number of rotatable bonds is 4. The van der Waals surface area contributed by atoms with Gasteiger partial charge in [-0.1, -0.05) is 6.92 Å². The zero-order valence-electron chi connectivity index (χ0n) is 11.5. The second-order valence-electron chi connectivity index (χ2n) is 5.16. The van der Waals surface area contributed by atoms with E-state index in [1.165, 1.54) is 6.26 Å². The minimum Gasteiger partial charge on any atom is -0.459 e. The minimum atomic E-state index is -0.322. The Morgan fingerprint density at radius 2 is 2.35 bits per heavy atom. The highest BCUT2D eigenvalue weighted by Crippen LogP contribution is 2.16. The van der Waals surface area contributed by atoms with Crippen molar-refractivity contribution in [3.05, 3.63) is 24.2 Å². The van der Waals surface area contributed by atoms with Crippen LogP contribution in [0.4, 0.5) is 0 Å². The molecule has 0 saturated carbocycles. The molecule has 2 rings (SSSR count). The third-order valence-electron chi connectivity index (χ3n) is 3.58. The number of hydrogen-bond donors (Lipinski definition) is 2. The summed E-state index contributed by atoms with van der Waals surface area (Å²) >= 11 is 0. The van der Waals surface area contributed by atoms with Crippen LogP contribution in [0.15, 0.2) is 22.8 Å². The number of hydrogen-bond acceptors (Lipinski definition) is 4. The van der Waals surface area contributed by atoms with Gasteiger partial charge in [-0.25, -0.2) is 0 Å². The van der Waals surface area contributed by atoms with E-state index in [1.54, 1.807) is 17.0 Å². The maximum absolute atomic E-state index is 12.0. The Morgan fingerprint density at radius 1 is 1.55 bits per heavy atom. The lowest BCUT2D eigenvalue weighted by Gasteiger charge is -2.34. The molecule has 1 saturated heterocycles. The molecule has 0 spiro atoms. The number of carbonyl (C=O) groups excluding carboxylic acids is 2. The first-order chi connectivity index (χ1) is 9.58. The molecule has 1 aliphatic heterocycles. The van der Waals surface area contributed by atoms with E-state index < -0.39 is 0 Å². The van der Waals surface area contributed by atoms with Gasteiger partial charge < -0.3 is 19.7 Å². The Morgan fingerprint density at radius 3 is 3.00 bits per heavy atom. The molecule has 2 unspecified atom stereocenters. The summed E-state index contributed by atoms with van der Waals surface area (Å²) in [5.41, 5.74) is 0. The van der Waals surface area contributed by atoms with Gasteiger partial charge >= 0.3 is 0 Å². The molecular weight excluding hydrogens is 260 g/mol. The molecule has 0 aromatic carbocycles. The number of carbonyl (C=O) groups is 2. The van der Waals surface area contributed by atoms with Crippen LogP contribution in [-0.4, -0.2) is 47.6 Å². The van der Waals surface area contributed by atoms with Crippen LogP contribution >= 0.6 is 0 Å². The fraction of sp³-hybridized carbons (Fsp3) is 0.571. The first-order valence-corrected chi connectivity index (χ1v) is 6.85. The molecule has 1 fully saturated rings. The molecule has 1 aliphatic rings. The molecule has 20 heavy (non-hydrogen) atoms. The average Bonchev–Trinajstić information content (AvgIpc) is 2.95. The third-order valence-corrected chi connectivity index (χ3v) is 3.58. The SMILES string of the molecule is CC1CN(C(=O)CCNC(=O)c2ccco2)CCC1O. The van der Waals surface area contributed by atoms with Crippen molar-refractivity contribution in [1.82, 2.24) is 10.2 Å². The molecule has 6 nitrogen and oxygen atoms in total. The van der Waals surface area contributed by atoms with Gasteiger partial charge in [0.2, 0.25) is 5.91 Å². The number of piperidine rings is 1. The van der Waals surface area contributed by atoms with Crippen LogP contribution in [0.5, 0.6) is 0 Å². The summed E-state index contributed by atoms with van der Waals surface area (Å²) in [6, 6.07) is 3.21. The Balaban J connectivity index is 1.71. The number of aliphatic hydroxyl groups is 1. The highest BCUT2D eigenvalue weighted by atomic mass is 16.3. The molecule has 2 heterocycles. The standard InChI is InChI=1S/C14H20N2O4/c1-10-9-16(7-5-11(10)17)13(18)4-6-15-14(19)12-3-2-8-20-12/h2-3,8,10-11,17H,4-7,9H2,1H3,(H,15,19). The van der Waals surface area contributed by atoms with Gasteiger partial charge in [0, 0.05) is 26.1 Å². The monoisotopic (exact) mass is 280 g/mol. The van der Waals surface area contributed by atoms with Crippen molar-refractivity contribution in [3.63, 3.8) is 0 Å². The van der Waals surface area contributed by atoms with Crippen LogP contribution in [0.1, 0.15) is 30.3 Å². The van der Waals surface area contributed by atoms with E-state index in [0.29, 0.717) is 19.5 Å². The Kier molecular flexibility index (Phi) is 4.79. The van der Waals surface area contributed by atoms with Gasteiger partial charge in [-0.05, 0) is 24.5 Å². The van der Waals surface area contributed by atoms with Crippen LogP contribution in [0, 0.1) is 5.92 Å². The lowest BCUT2D eigenvalue weighted by molar-refractivity contribution is -0.134. The molecule has 110 valence electrons. The molecule has 2 atom stereocenters. The summed E-state index contributed by atoms with van der Waals surface area (Å²) in [7, 11) is 0. The maximum atomic E-state index is 12.0. The number of likely N-dealkylation sites (tertiary alicyclic amines) is 1. The van der Waals surface area contributed by atoms with Crippen molar-refractivity contribution in [1.29, 1.82) is 0 Å². The van der Waals surface area contributed by atoms with Gasteiger partial charge in [0.15, 0.2) is 5.76 Å². The number of nitrogens with one attached hydrogen (secondary N) is 1. The van der Waals surface area contributed by atoms with Crippen molar-refractivity contribution in [2.75, 3.05) is 19.6 Å². The van der Waals surface area contributed by atoms with Crippen LogP contribution < -0.4 is 5.32 Å². The van der Waals surface area contributed by atoms with Crippen LogP contribution in [-0.2, 0) is 4.79 Å². The van der Waals surface area contributed by atoms with Crippen LogP contribution in [0.2, 0.25) is 0 Å². The summed E-state index contributed by atoms with van der Waals surface area (Å²) in [4.78, 5) is 25.3. The van der Waals surface area contributed by atoms with E-state index in [0.717, 1.165) is 0 Å². The van der Waals surface area contributed by atoms with E-state index in [-0.39, 0.29) is 42.6 Å². The largest absolute Gasteiger partial charge is 0.459 e. The maximum Gasteiger partial charge on any atom is 0.286 e. The van der Waals surface area contributed by atoms with Gasteiger partial charge in [0.1, 0.15) is 0 Å². The van der Waals surface area contributed by atoms with Gasteiger partial charge in [-0.3, -0.25) is 9.59 Å². The molecule has 0 aliphatic carbocycles. The molecule has 6 heteroatoms. The number of furan rings is 1. The predicted octanol–water partition coefficient (Wildman–Crippen LogP) is 0.629. The van der Waals surface area contributed by atoms with Crippen molar-refractivity contribution in [2.45, 2.75) is 25.9 Å². The summed E-state index contributed by atoms with van der Waals surface area (Å²) in [6.45, 7) is 3.37. The highest BCUT2D eigenvalue weighted by molar-refractivity contribution is 5.91. The van der Waals surface area contributed by atoms with E-state index in [4.69, 9.17) is 4.42 Å². The predicted molar refractivity (Wildman–Crippen MR) is 72.0 cm³/mol. The van der Waals surface area contributed by atoms with Crippen molar-refractivity contribution in [2.24, 2.45) is 5.92 Å². The lowest BCUT2D eigenvalue weighted by atomic mass is 9.96. The molecule has 1 aromatic heterocycles. The third kappa shape index (κ3) is 3.60. The van der Waals surface area contributed by atoms with E-state index in [9.17, 15) is 14.7 Å². The molecule has 1 aromatic rings. The summed E-state index contributed by atoms with van der Waals surface area (Å²) in [5, 5.41) is 12.3. The highest BCUT2D eigenvalue weighted by Gasteiger charge is 2.26. The first kappa shape index (κ1) is 14.6. The van der Waals surface area contributed by atoms with Gasteiger partial charge in [-0.15, -0.1) is 0 Å². The van der Waals surface area contributed by atoms with Crippen molar-refractivity contribution >= 4 is 11.8 Å². The number of aliphatic hydroxyl groups excluding tert-OH is 1.